The molecule has 0 spiro atoms. The summed E-state index contributed by atoms with van der Waals surface area (Å²) in [4.78, 5) is 4.68. The van der Waals surface area contributed by atoms with Crippen molar-refractivity contribution in [1.82, 2.24) is 4.98 Å². The Morgan fingerprint density at radius 3 is 2.94 bits per heavy atom. The average molecular weight is 262 g/mol. The Morgan fingerprint density at radius 1 is 1.44 bits per heavy atom. The Bertz CT molecular complexity index is 506. The first-order valence-corrected chi connectivity index (χ1v) is 6.96. The van der Waals surface area contributed by atoms with Crippen LogP contribution in [0.4, 0.5) is 0 Å². The Balaban J connectivity index is 2.28. The van der Waals surface area contributed by atoms with Crippen LogP contribution in [0.2, 0.25) is 0 Å². The number of ether oxygens (including phenoxy) is 1. The summed E-state index contributed by atoms with van der Waals surface area (Å²) in [6.07, 6.45) is 1.03. The Kier molecular flexibility index (Phi) is 4.33. The van der Waals surface area contributed by atoms with Crippen LogP contribution in [0.5, 0.6) is 5.75 Å². The van der Waals surface area contributed by atoms with Crippen LogP contribution in [0.25, 0.3) is 10.6 Å². The highest BCUT2D eigenvalue weighted by Crippen LogP contribution is 2.29. The van der Waals surface area contributed by atoms with Gasteiger partial charge in [0.15, 0.2) is 0 Å². The summed E-state index contributed by atoms with van der Waals surface area (Å²) in [6.45, 7) is 2.79. The molecule has 0 aliphatic heterocycles. The van der Waals surface area contributed by atoms with Gasteiger partial charge in [-0.25, -0.2) is 4.98 Å². The lowest BCUT2D eigenvalue weighted by atomic mass is 10.0. The van der Waals surface area contributed by atoms with Gasteiger partial charge in [0.2, 0.25) is 0 Å². The number of methoxy groups -OCH3 is 1. The summed E-state index contributed by atoms with van der Waals surface area (Å²) < 4.78 is 5.23. The van der Waals surface area contributed by atoms with Crippen LogP contribution in [-0.4, -0.2) is 18.6 Å². The number of hydrogen-bond donors (Lipinski definition) is 1. The fraction of sp³-hybridized carbons (Fsp3) is 0.357. The largest absolute Gasteiger partial charge is 0.497 e. The molecule has 2 rings (SSSR count). The SMILES string of the molecule is CCC(CN)c1csc(-c2cccc(OC)c2)n1. The van der Waals surface area contributed by atoms with E-state index in [1.807, 2.05) is 18.2 Å². The molecule has 0 saturated heterocycles. The van der Waals surface area contributed by atoms with Gasteiger partial charge in [0.25, 0.3) is 0 Å². The Hall–Kier alpha value is -1.39. The lowest BCUT2D eigenvalue weighted by molar-refractivity contribution is 0.415. The zero-order valence-electron chi connectivity index (χ0n) is 10.7. The van der Waals surface area contributed by atoms with Gasteiger partial charge in [-0.05, 0) is 18.6 Å². The average Bonchev–Trinajstić information content (AvgIpc) is 2.90. The van der Waals surface area contributed by atoms with E-state index in [4.69, 9.17) is 10.5 Å². The second-order valence-electron chi connectivity index (χ2n) is 4.15. The van der Waals surface area contributed by atoms with Gasteiger partial charge in [0.1, 0.15) is 10.8 Å². The Morgan fingerprint density at radius 2 is 2.28 bits per heavy atom. The predicted molar refractivity (Wildman–Crippen MR) is 76.2 cm³/mol. The molecular weight excluding hydrogens is 244 g/mol. The third-order valence-electron chi connectivity index (χ3n) is 3.03. The summed E-state index contributed by atoms with van der Waals surface area (Å²) in [6, 6.07) is 7.97. The molecule has 2 aromatic rings. The van der Waals surface area contributed by atoms with Crippen LogP contribution in [0.3, 0.4) is 0 Å². The molecule has 0 aliphatic rings. The molecule has 96 valence electrons. The number of nitrogens with two attached hydrogens (primary N) is 1. The van der Waals surface area contributed by atoms with Gasteiger partial charge in [-0.1, -0.05) is 19.1 Å². The first kappa shape index (κ1) is 13.1. The summed E-state index contributed by atoms with van der Waals surface area (Å²) >= 11 is 1.66. The van der Waals surface area contributed by atoms with Crippen molar-refractivity contribution in [2.24, 2.45) is 5.73 Å². The third kappa shape index (κ3) is 2.71. The molecule has 0 radical (unpaired) electrons. The van der Waals surface area contributed by atoms with Crippen LogP contribution >= 0.6 is 11.3 Å². The molecule has 1 unspecified atom stereocenters. The van der Waals surface area contributed by atoms with E-state index < -0.39 is 0 Å². The van der Waals surface area contributed by atoms with Gasteiger partial charge in [0, 0.05) is 23.4 Å². The second-order valence-corrected chi connectivity index (χ2v) is 5.01. The molecule has 1 aromatic heterocycles. The summed E-state index contributed by atoms with van der Waals surface area (Å²) in [7, 11) is 1.67. The van der Waals surface area contributed by atoms with Crippen LogP contribution in [-0.2, 0) is 0 Å². The lowest BCUT2D eigenvalue weighted by Gasteiger charge is -2.07. The van der Waals surface area contributed by atoms with Gasteiger partial charge in [0.05, 0.1) is 12.8 Å². The van der Waals surface area contributed by atoms with Crippen molar-refractivity contribution in [3.8, 4) is 16.3 Å². The maximum Gasteiger partial charge on any atom is 0.123 e. The third-order valence-corrected chi connectivity index (χ3v) is 3.94. The van der Waals surface area contributed by atoms with Crippen molar-refractivity contribution in [3.63, 3.8) is 0 Å². The van der Waals surface area contributed by atoms with Crippen LogP contribution < -0.4 is 10.5 Å². The van der Waals surface area contributed by atoms with Crippen molar-refractivity contribution in [3.05, 3.63) is 35.3 Å². The van der Waals surface area contributed by atoms with Crippen LogP contribution in [0, 0.1) is 0 Å². The molecule has 3 nitrogen and oxygen atoms in total. The van der Waals surface area contributed by atoms with E-state index in [0.29, 0.717) is 12.5 Å². The van der Waals surface area contributed by atoms with E-state index in [1.165, 1.54) is 0 Å². The van der Waals surface area contributed by atoms with E-state index in [2.05, 4.69) is 23.4 Å². The highest BCUT2D eigenvalue weighted by atomic mass is 32.1. The normalized spacial score (nSPS) is 12.4. The highest BCUT2D eigenvalue weighted by Gasteiger charge is 2.12. The first-order chi connectivity index (χ1) is 8.78. The molecule has 18 heavy (non-hydrogen) atoms. The maximum atomic E-state index is 5.75. The molecule has 2 N–H and O–H groups in total. The summed E-state index contributed by atoms with van der Waals surface area (Å²) in [5.41, 5.74) is 7.95. The van der Waals surface area contributed by atoms with E-state index in [9.17, 15) is 0 Å². The van der Waals surface area contributed by atoms with Crippen molar-refractivity contribution < 1.29 is 4.74 Å². The van der Waals surface area contributed by atoms with Crippen molar-refractivity contribution in [2.75, 3.05) is 13.7 Å². The Labute approximate surface area is 112 Å². The van der Waals surface area contributed by atoms with Crippen molar-refractivity contribution in [2.45, 2.75) is 19.3 Å². The molecule has 0 fully saturated rings. The molecule has 1 aromatic carbocycles. The number of aromatic nitrogens is 1. The first-order valence-electron chi connectivity index (χ1n) is 6.08. The zero-order valence-corrected chi connectivity index (χ0v) is 11.5. The number of benzene rings is 1. The molecular formula is C14H18N2OS. The van der Waals surface area contributed by atoms with Crippen LogP contribution in [0.15, 0.2) is 29.6 Å². The van der Waals surface area contributed by atoms with E-state index >= 15 is 0 Å². The molecule has 1 heterocycles. The lowest BCUT2D eigenvalue weighted by Crippen LogP contribution is -2.11. The highest BCUT2D eigenvalue weighted by molar-refractivity contribution is 7.13. The van der Waals surface area contributed by atoms with Gasteiger partial charge < -0.3 is 10.5 Å². The maximum absolute atomic E-state index is 5.75. The van der Waals surface area contributed by atoms with E-state index in [1.54, 1.807) is 18.4 Å². The van der Waals surface area contributed by atoms with Crippen molar-refractivity contribution in [1.29, 1.82) is 0 Å². The molecule has 0 aliphatic carbocycles. The molecule has 4 heteroatoms. The zero-order chi connectivity index (χ0) is 13.0. The fourth-order valence-corrected chi connectivity index (χ4v) is 2.76. The number of nitrogens with zero attached hydrogens (tertiary/aromatic N) is 1. The summed E-state index contributed by atoms with van der Waals surface area (Å²) in [5, 5.41) is 3.13. The monoisotopic (exact) mass is 262 g/mol. The topological polar surface area (TPSA) is 48.1 Å². The number of rotatable bonds is 5. The molecule has 0 saturated carbocycles. The summed E-state index contributed by atoms with van der Waals surface area (Å²) in [5.74, 6) is 1.22. The van der Waals surface area contributed by atoms with Gasteiger partial charge >= 0.3 is 0 Å². The van der Waals surface area contributed by atoms with Crippen LogP contribution in [0.1, 0.15) is 25.0 Å². The molecule has 0 bridgehead atoms. The quantitative estimate of drug-likeness (QED) is 0.899. The fourth-order valence-electron chi connectivity index (χ4n) is 1.86. The second kappa shape index (κ2) is 5.98. The number of hydrogen-bond acceptors (Lipinski definition) is 4. The molecule has 0 amide bonds. The van der Waals surface area contributed by atoms with E-state index in [0.717, 1.165) is 28.4 Å². The number of thiazole rings is 1. The minimum absolute atomic E-state index is 0.362. The minimum atomic E-state index is 0.362. The van der Waals surface area contributed by atoms with Gasteiger partial charge in [-0.3, -0.25) is 0 Å². The van der Waals surface area contributed by atoms with Crippen molar-refractivity contribution >= 4 is 11.3 Å². The predicted octanol–water partition coefficient (Wildman–Crippen LogP) is 3.27. The standard InChI is InChI=1S/C14H18N2OS/c1-3-10(8-15)13-9-18-14(16-13)11-5-4-6-12(7-11)17-2/h4-7,9-10H,3,8,15H2,1-2H3. The minimum Gasteiger partial charge on any atom is -0.497 e. The van der Waals surface area contributed by atoms with Gasteiger partial charge in [-0.2, -0.15) is 0 Å². The molecule has 1 atom stereocenters. The smallest absolute Gasteiger partial charge is 0.123 e. The van der Waals surface area contributed by atoms with Gasteiger partial charge in [-0.15, -0.1) is 11.3 Å². The van der Waals surface area contributed by atoms with E-state index in [-0.39, 0.29) is 0 Å².